The first-order valence-corrected chi connectivity index (χ1v) is 9.96. The summed E-state index contributed by atoms with van der Waals surface area (Å²) < 4.78 is 0. The van der Waals surface area contributed by atoms with Crippen LogP contribution in [0, 0.1) is 16.0 Å². The van der Waals surface area contributed by atoms with Gasteiger partial charge in [-0.2, -0.15) is 0 Å². The van der Waals surface area contributed by atoms with Gasteiger partial charge >= 0.3 is 0 Å². The van der Waals surface area contributed by atoms with Crippen LogP contribution in [0.25, 0.3) is 0 Å². The molecule has 1 saturated carbocycles. The van der Waals surface area contributed by atoms with Crippen molar-refractivity contribution >= 4 is 17.3 Å². The van der Waals surface area contributed by atoms with E-state index in [1.807, 2.05) is 0 Å². The third-order valence-electron chi connectivity index (χ3n) is 5.63. The molecule has 0 amide bonds. The van der Waals surface area contributed by atoms with Crippen molar-refractivity contribution in [3.8, 4) is 0 Å². The molecule has 1 aliphatic rings. The average molecular weight is 372 g/mol. The molecule has 0 radical (unpaired) electrons. The SMILES string of the molecule is CCCC1CCC(c2ccc(Cc3cc([N+](=O)[O-])ccc3Cl)cc2)CC1. The summed E-state index contributed by atoms with van der Waals surface area (Å²) in [7, 11) is 0. The number of hydrogen-bond acceptors (Lipinski definition) is 2. The van der Waals surface area contributed by atoms with E-state index in [1.165, 1.54) is 50.2 Å². The molecule has 0 aliphatic heterocycles. The van der Waals surface area contributed by atoms with Crippen LogP contribution >= 0.6 is 11.6 Å². The molecule has 2 aromatic rings. The summed E-state index contributed by atoms with van der Waals surface area (Å²) in [5.41, 5.74) is 3.45. The number of halogens is 1. The van der Waals surface area contributed by atoms with Gasteiger partial charge in [0.2, 0.25) is 0 Å². The highest BCUT2D eigenvalue weighted by Crippen LogP contribution is 2.37. The molecule has 138 valence electrons. The van der Waals surface area contributed by atoms with Gasteiger partial charge in [0, 0.05) is 17.2 Å². The largest absolute Gasteiger partial charge is 0.269 e. The lowest BCUT2D eigenvalue weighted by Gasteiger charge is -2.28. The van der Waals surface area contributed by atoms with Crippen molar-refractivity contribution in [2.24, 2.45) is 5.92 Å². The molecular formula is C22H26ClNO2. The summed E-state index contributed by atoms with van der Waals surface area (Å²) in [4.78, 5) is 10.6. The molecule has 4 heteroatoms. The molecule has 3 nitrogen and oxygen atoms in total. The molecule has 26 heavy (non-hydrogen) atoms. The van der Waals surface area contributed by atoms with E-state index in [9.17, 15) is 10.1 Å². The zero-order valence-electron chi connectivity index (χ0n) is 15.3. The van der Waals surface area contributed by atoms with Crippen molar-refractivity contribution in [3.05, 3.63) is 74.3 Å². The highest BCUT2D eigenvalue weighted by atomic mass is 35.5. The Morgan fingerprint density at radius 1 is 1.08 bits per heavy atom. The van der Waals surface area contributed by atoms with E-state index in [-0.39, 0.29) is 10.6 Å². The van der Waals surface area contributed by atoms with E-state index in [0.717, 1.165) is 17.0 Å². The molecule has 3 rings (SSSR count). The minimum atomic E-state index is -0.377. The first-order valence-electron chi connectivity index (χ1n) is 9.58. The molecule has 0 spiro atoms. The summed E-state index contributed by atoms with van der Waals surface area (Å²) in [6.07, 6.45) is 8.57. The Morgan fingerprint density at radius 3 is 2.38 bits per heavy atom. The normalized spacial score (nSPS) is 20.1. The van der Waals surface area contributed by atoms with Crippen LogP contribution in [0.4, 0.5) is 5.69 Å². The number of nitro benzene ring substituents is 1. The summed E-state index contributed by atoms with van der Waals surface area (Å²) in [5.74, 6) is 1.60. The summed E-state index contributed by atoms with van der Waals surface area (Å²) >= 11 is 6.22. The van der Waals surface area contributed by atoms with E-state index in [4.69, 9.17) is 11.6 Å². The van der Waals surface area contributed by atoms with Crippen LogP contribution in [-0.4, -0.2) is 4.92 Å². The van der Waals surface area contributed by atoms with Crippen LogP contribution in [-0.2, 0) is 6.42 Å². The monoisotopic (exact) mass is 371 g/mol. The Labute approximate surface area is 160 Å². The number of nitro groups is 1. The molecule has 0 atom stereocenters. The zero-order valence-corrected chi connectivity index (χ0v) is 16.0. The number of rotatable bonds is 6. The predicted molar refractivity (Wildman–Crippen MR) is 107 cm³/mol. The molecule has 0 aromatic heterocycles. The first kappa shape index (κ1) is 18.9. The third kappa shape index (κ3) is 4.64. The van der Waals surface area contributed by atoms with Crippen LogP contribution in [0.15, 0.2) is 42.5 Å². The van der Waals surface area contributed by atoms with Gasteiger partial charge in [-0.05, 0) is 66.7 Å². The number of nitrogens with zero attached hydrogens (tertiary/aromatic N) is 1. The Bertz CT molecular complexity index is 749. The minimum Gasteiger partial charge on any atom is -0.258 e. The van der Waals surface area contributed by atoms with Gasteiger partial charge in [-0.25, -0.2) is 0 Å². The lowest BCUT2D eigenvalue weighted by molar-refractivity contribution is -0.384. The second-order valence-corrected chi connectivity index (χ2v) is 7.86. The molecule has 1 aliphatic carbocycles. The van der Waals surface area contributed by atoms with Crippen LogP contribution in [0.3, 0.4) is 0 Å². The van der Waals surface area contributed by atoms with Crippen LogP contribution < -0.4 is 0 Å². The van der Waals surface area contributed by atoms with Crippen molar-refractivity contribution in [2.45, 2.75) is 57.8 Å². The highest BCUT2D eigenvalue weighted by Gasteiger charge is 2.21. The van der Waals surface area contributed by atoms with Gasteiger partial charge in [0.1, 0.15) is 0 Å². The Morgan fingerprint density at radius 2 is 1.77 bits per heavy atom. The van der Waals surface area contributed by atoms with Gasteiger partial charge in [0.25, 0.3) is 5.69 Å². The van der Waals surface area contributed by atoms with Gasteiger partial charge < -0.3 is 0 Å². The van der Waals surface area contributed by atoms with Crippen molar-refractivity contribution in [3.63, 3.8) is 0 Å². The summed E-state index contributed by atoms with van der Waals surface area (Å²) in [6, 6.07) is 13.4. The van der Waals surface area contributed by atoms with Crippen LogP contribution in [0.1, 0.15) is 68.1 Å². The molecule has 0 saturated heterocycles. The van der Waals surface area contributed by atoms with E-state index >= 15 is 0 Å². The van der Waals surface area contributed by atoms with E-state index in [1.54, 1.807) is 12.1 Å². The van der Waals surface area contributed by atoms with Gasteiger partial charge in [-0.1, -0.05) is 55.6 Å². The number of non-ortho nitro benzene ring substituents is 1. The molecule has 1 fully saturated rings. The third-order valence-corrected chi connectivity index (χ3v) is 6.00. The predicted octanol–water partition coefficient (Wildman–Crippen LogP) is 6.91. The minimum absolute atomic E-state index is 0.0878. The van der Waals surface area contributed by atoms with Crippen molar-refractivity contribution in [1.82, 2.24) is 0 Å². The smallest absolute Gasteiger partial charge is 0.258 e. The second kappa shape index (κ2) is 8.68. The maximum Gasteiger partial charge on any atom is 0.269 e. The van der Waals surface area contributed by atoms with Crippen molar-refractivity contribution in [2.75, 3.05) is 0 Å². The van der Waals surface area contributed by atoms with Crippen molar-refractivity contribution in [1.29, 1.82) is 0 Å². The quantitative estimate of drug-likeness (QED) is 0.408. The highest BCUT2D eigenvalue weighted by molar-refractivity contribution is 6.31. The van der Waals surface area contributed by atoms with Gasteiger partial charge in [-0.3, -0.25) is 10.1 Å². The number of benzene rings is 2. The Kier molecular flexibility index (Phi) is 6.31. The fourth-order valence-electron chi connectivity index (χ4n) is 4.13. The second-order valence-electron chi connectivity index (χ2n) is 7.46. The molecule has 0 bridgehead atoms. The summed E-state index contributed by atoms with van der Waals surface area (Å²) in [6.45, 7) is 2.28. The molecule has 0 N–H and O–H groups in total. The lowest BCUT2D eigenvalue weighted by atomic mass is 9.77. The molecule has 0 heterocycles. The van der Waals surface area contributed by atoms with Gasteiger partial charge in [-0.15, -0.1) is 0 Å². The topological polar surface area (TPSA) is 43.1 Å². The van der Waals surface area contributed by atoms with E-state index in [0.29, 0.717) is 17.4 Å². The summed E-state index contributed by atoms with van der Waals surface area (Å²) in [5, 5.41) is 11.5. The number of hydrogen-bond donors (Lipinski definition) is 0. The van der Waals surface area contributed by atoms with Crippen molar-refractivity contribution < 1.29 is 4.92 Å². The fourth-order valence-corrected chi connectivity index (χ4v) is 4.31. The van der Waals surface area contributed by atoms with Crippen LogP contribution in [0.5, 0.6) is 0 Å². The Balaban J connectivity index is 1.65. The zero-order chi connectivity index (χ0) is 18.5. The molecule has 0 unspecified atom stereocenters. The van der Waals surface area contributed by atoms with E-state index < -0.39 is 0 Å². The van der Waals surface area contributed by atoms with Gasteiger partial charge in [0.15, 0.2) is 0 Å². The lowest BCUT2D eigenvalue weighted by Crippen LogP contribution is -2.13. The van der Waals surface area contributed by atoms with E-state index in [2.05, 4.69) is 31.2 Å². The first-order chi connectivity index (χ1) is 12.6. The van der Waals surface area contributed by atoms with Crippen LogP contribution in [0.2, 0.25) is 5.02 Å². The molecular weight excluding hydrogens is 346 g/mol. The average Bonchev–Trinajstić information content (AvgIpc) is 2.65. The molecule has 2 aromatic carbocycles. The van der Waals surface area contributed by atoms with Gasteiger partial charge in [0.05, 0.1) is 4.92 Å². The maximum atomic E-state index is 11.0. The fraction of sp³-hybridized carbons (Fsp3) is 0.455. The maximum absolute atomic E-state index is 11.0. The standard InChI is InChI=1S/C22H26ClNO2/c1-2-3-16-4-8-18(9-5-16)19-10-6-17(7-11-19)14-20-15-21(24(25)26)12-13-22(20)23/h6-7,10-13,15-16,18H,2-5,8-9,14H2,1H3. The Hall–Kier alpha value is -1.87.